The van der Waals surface area contributed by atoms with E-state index in [2.05, 4.69) is 21.2 Å². The second kappa shape index (κ2) is 10.5. The van der Waals surface area contributed by atoms with E-state index in [-0.39, 0.29) is 22.7 Å². The SMILES string of the molecule is COC(=O)c1ccccc1NC(=O)CN(Cc1ccc(Br)cc1)S(=O)(=O)c1ccccc1. The van der Waals surface area contributed by atoms with Crippen molar-refractivity contribution in [2.75, 3.05) is 19.0 Å². The molecular formula is C23H21BrN2O5S. The lowest BCUT2D eigenvalue weighted by atomic mass is 10.2. The number of carbonyl (C=O) groups is 2. The largest absolute Gasteiger partial charge is 0.465 e. The van der Waals surface area contributed by atoms with E-state index < -0.39 is 28.4 Å². The molecule has 3 aromatic rings. The molecule has 3 rings (SSSR count). The average molecular weight is 517 g/mol. The number of nitrogens with one attached hydrogen (secondary N) is 1. The number of ether oxygens (including phenoxy) is 1. The van der Waals surface area contributed by atoms with Gasteiger partial charge in [0.1, 0.15) is 0 Å². The van der Waals surface area contributed by atoms with Gasteiger partial charge in [0.05, 0.1) is 29.8 Å². The van der Waals surface area contributed by atoms with E-state index in [1.807, 2.05) is 0 Å². The molecule has 0 aliphatic heterocycles. The van der Waals surface area contributed by atoms with Crippen LogP contribution in [0.25, 0.3) is 0 Å². The summed E-state index contributed by atoms with van der Waals surface area (Å²) in [6.07, 6.45) is 0. The molecule has 0 radical (unpaired) electrons. The van der Waals surface area contributed by atoms with Crippen LogP contribution in [0.5, 0.6) is 0 Å². The number of nitrogens with zero attached hydrogens (tertiary/aromatic N) is 1. The van der Waals surface area contributed by atoms with Crippen LogP contribution >= 0.6 is 15.9 Å². The number of amides is 1. The molecule has 0 bridgehead atoms. The van der Waals surface area contributed by atoms with Crippen LogP contribution in [0.2, 0.25) is 0 Å². The summed E-state index contributed by atoms with van der Waals surface area (Å²) in [6, 6.07) is 21.4. The maximum absolute atomic E-state index is 13.3. The number of methoxy groups -OCH3 is 1. The summed E-state index contributed by atoms with van der Waals surface area (Å²) in [4.78, 5) is 24.9. The molecule has 0 saturated heterocycles. The van der Waals surface area contributed by atoms with Gasteiger partial charge in [-0.1, -0.05) is 58.4 Å². The fourth-order valence-electron chi connectivity index (χ4n) is 2.99. The Hall–Kier alpha value is -3.01. The summed E-state index contributed by atoms with van der Waals surface area (Å²) in [5.41, 5.74) is 1.13. The summed E-state index contributed by atoms with van der Waals surface area (Å²) >= 11 is 3.36. The van der Waals surface area contributed by atoms with Crippen molar-refractivity contribution in [3.8, 4) is 0 Å². The lowest BCUT2D eigenvalue weighted by molar-refractivity contribution is -0.116. The third-order valence-electron chi connectivity index (χ3n) is 4.58. The fraction of sp³-hybridized carbons (Fsp3) is 0.130. The Balaban J connectivity index is 1.88. The maximum Gasteiger partial charge on any atom is 0.339 e. The number of carbonyl (C=O) groups excluding carboxylic acids is 2. The highest BCUT2D eigenvalue weighted by Gasteiger charge is 2.27. The van der Waals surface area contributed by atoms with E-state index >= 15 is 0 Å². The highest BCUT2D eigenvalue weighted by atomic mass is 79.9. The number of esters is 1. The van der Waals surface area contributed by atoms with E-state index in [1.54, 1.807) is 60.7 Å². The van der Waals surface area contributed by atoms with Gasteiger partial charge in [0.25, 0.3) is 0 Å². The van der Waals surface area contributed by atoms with Gasteiger partial charge in [-0.3, -0.25) is 4.79 Å². The van der Waals surface area contributed by atoms with Crippen molar-refractivity contribution in [3.63, 3.8) is 0 Å². The zero-order valence-electron chi connectivity index (χ0n) is 17.2. The zero-order chi connectivity index (χ0) is 23.1. The smallest absolute Gasteiger partial charge is 0.339 e. The number of anilines is 1. The minimum atomic E-state index is -3.96. The van der Waals surface area contributed by atoms with Crippen LogP contribution in [0.15, 0.2) is 88.2 Å². The highest BCUT2D eigenvalue weighted by Crippen LogP contribution is 2.21. The number of benzene rings is 3. The summed E-state index contributed by atoms with van der Waals surface area (Å²) in [5.74, 6) is -1.19. The molecule has 32 heavy (non-hydrogen) atoms. The van der Waals surface area contributed by atoms with Crippen molar-refractivity contribution in [2.24, 2.45) is 0 Å². The van der Waals surface area contributed by atoms with Gasteiger partial charge < -0.3 is 10.1 Å². The lowest BCUT2D eigenvalue weighted by Gasteiger charge is -2.22. The van der Waals surface area contributed by atoms with E-state index in [1.165, 1.54) is 25.3 Å². The molecule has 9 heteroatoms. The van der Waals surface area contributed by atoms with Crippen molar-refractivity contribution < 1.29 is 22.7 Å². The molecule has 0 aromatic heterocycles. The first-order valence-electron chi connectivity index (χ1n) is 9.58. The monoisotopic (exact) mass is 516 g/mol. The van der Waals surface area contributed by atoms with E-state index in [9.17, 15) is 18.0 Å². The van der Waals surface area contributed by atoms with Crippen LogP contribution in [0.3, 0.4) is 0 Å². The van der Waals surface area contributed by atoms with Crippen LogP contribution in [-0.2, 0) is 26.1 Å². The van der Waals surface area contributed by atoms with Crippen LogP contribution in [0, 0.1) is 0 Å². The van der Waals surface area contributed by atoms with Crippen molar-refractivity contribution in [3.05, 3.63) is 94.5 Å². The molecule has 0 aliphatic carbocycles. The first-order valence-corrected chi connectivity index (χ1v) is 11.8. The van der Waals surface area contributed by atoms with Crippen LogP contribution in [-0.4, -0.2) is 38.3 Å². The van der Waals surface area contributed by atoms with Gasteiger partial charge in [0.2, 0.25) is 15.9 Å². The average Bonchev–Trinajstić information content (AvgIpc) is 2.80. The number of hydrogen-bond acceptors (Lipinski definition) is 5. The summed E-state index contributed by atoms with van der Waals surface area (Å²) in [7, 11) is -2.72. The zero-order valence-corrected chi connectivity index (χ0v) is 19.6. The van der Waals surface area contributed by atoms with Crippen molar-refractivity contribution in [1.29, 1.82) is 0 Å². The minimum Gasteiger partial charge on any atom is -0.465 e. The number of halogens is 1. The standard InChI is InChI=1S/C23H21BrN2O5S/c1-31-23(28)20-9-5-6-10-21(20)25-22(27)16-26(15-17-11-13-18(24)14-12-17)32(29,30)19-7-3-2-4-8-19/h2-14H,15-16H2,1H3,(H,25,27). The molecule has 0 atom stereocenters. The number of sulfonamides is 1. The highest BCUT2D eigenvalue weighted by molar-refractivity contribution is 9.10. The Labute approximate surface area is 195 Å². The topological polar surface area (TPSA) is 92.8 Å². The molecule has 0 unspecified atom stereocenters. The van der Waals surface area contributed by atoms with Gasteiger partial charge in [-0.25, -0.2) is 13.2 Å². The first kappa shape index (κ1) is 23.6. The normalized spacial score (nSPS) is 11.2. The molecule has 166 valence electrons. The third kappa shape index (κ3) is 5.82. The molecule has 0 saturated carbocycles. The fourth-order valence-corrected chi connectivity index (χ4v) is 4.66. The van der Waals surface area contributed by atoms with Crippen molar-refractivity contribution in [2.45, 2.75) is 11.4 Å². The van der Waals surface area contributed by atoms with Crippen molar-refractivity contribution >= 4 is 43.5 Å². The van der Waals surface area contributed by atoms with Gasteiger partial charge >= 0.3 is 5.97 Å². The summed E-state index contributed by atoms with van der Waals surface area (Å²) in [5, 5.41) is 2.62. The number of rotatable bonds is 8. The van der Waals surface area contributed by atoms with Gasteiger partial charge in [-0.15, -0.1) is 0 Å². The Morgan fingerprint density at radius 2 is 1.56 bits per heavy atom. The number of para-hydroxylation sites is 1. The summed E-state index contributed by atoms with van der Waals surface area (Å²) in [6.45, 7) is -0.445. The second-order valence-electron chi connectivity index (χ2n) is 6.80. The van der Waals surface area contributed by atoms with Gasteiger partial charge in [-0.2, -0.15) is 4.31 Å². The predicted molar refractivity (Wildman–Crippen MR) is 125 cm³/mol. The Morgan fingerprint density at radius 1 is 0.938 bits per heavy atom. The summed E-state index contributed by atoms with van der Waals surface area (Å²) < 4.78 is 33.2. The van der Waals surface area contributed by atoms with E-state index in [0.29, 0.717) is 0 Å². The molecule has 0 fully saturated rings. The molecular weight excluding hydrogens is 496 g/mol. The van der Waals surface area contributed by atoms with Gasteiger partial charge in [0.15, 0.2) is 0 Å². The lowest BCUT2D eigenvalue weighted by Crippen LogP contribution is -2.37. The Bertz CT molecular complexity index is 1200. The van der Waals surface area contributed by atoms with Gasteiger partial charge in [-0.05, 0) is 42.0 Å². The maximum atomic E-state index is 13.3. The van der Waals surface area contributed by atoms with Gasteiger partial charge in [0, 0.05) is 11.0 Å². The molecule has 0 spiro atoms. The third-order valence-corrected chi connectivity index (χ3v) is 6.91. The Kier molecular flexibility index (Phi) is 7.79. The molecule has 3 aromatic carbocycles. The van der Waals surface area contributed by atoms with Crippen molar-refractivity contribution in [1.82, 2.24) is 4.31 Å². The van der Waals surface area contributed by atoms with E-state index in [0.717, 1.165) is 14.3 Å². The molecule has 1 N–H and O–H groups in total. The molecule has 1 amide bonds. The second-order valence-corrected chi connectivity index (χ2v) is 9.65. The molecule has 7 nitrogen and oxygen atoms in total. The number of hydrogen-bond donors (Lipinski definition) is 1. The predicted octanol–water partition coefficient (Wildman–Crippen LogP) is 4.07. The first-order chi connectivity index (χ1) is 15.3. The van der Waals surface area contributed by atoms with E-state index in [4.69, 9.17) is 4.74 Å². The molecule has 0 heterocycles. The van der Waals surface area contributed by atoms with Crippen LogP contribution in [0.4, 0.5) is 5.69 Å². The quantitative estimate of drug-likeness (QED) is 0.455. The van der Waals surface area contributed by atoms with Crippen LogP contribution < -0.4 is 5.32 Å². The Morgan fingerprint density at radius 3 is 2.22 bits per heavy atom. The van der Waals surface area contributed by atoms with Crippen LogP contribution in [0.1, 0.15) is 15.9 Å². The molecule has 0 aliphatic rings. The minimum absolute atomic E-state index is 0.00340.